The summed E-state index contributed by atoms with van der Waals surface area (Å²) in [4.78, 5) is 34.9. The number of epoxide rings is 1. The summed E-state index contributed by atoms with van der Waals surface area (Å²) in [5.74, 6) is -1.35. The molecule has 0 aromatic rings. The Morgan fingerprint density at radius 3 is 2.49 bits per heavy atom. The number of nitrogens with one attached hydrogen (secondary N) is 1. The molecule has 11 heteroatoms. The number of carboxylic acids is 1. The van der Waals surface area contributed by atoms with Crippen molar-refractivity contribution in [2.24, 2.45) is 5.92 Å². The summed E-state index contributed by atoms with van der Waals surface area (Å²) >= 11 is 0. The number of carbonyl (C=O) groups is 3. The van der Waals surface area contributed by atoms with Crippen molar-refractivity contribution in [2.45, 2.75) is 129 Å². The predicted octanol–water partition coefficient (Wildman–Crippen LogP) is 3.85. The Morgan fingerprint density at radius 1 is 1.14 bits per heavy atom. The molecule has 1 amide bonds. The molecule has 3 saturated heterocycles. The van der Waals surface area contributed by atoms with E-state index in [-0.39, 0.29) is 36.5 Å². The molecule has 3 rings (SSSR count). The van der Waals surface area contributed by atoms with Crippen LogP contribution in [0.25, 0.3) is 0 Å². The highest BCUT2D eigenvalue weighted by atomic mass is 16.7. The van der Waals surface area contributed by atoms with Gasteiger partial charge in [-0.25, -0.2) is 0 Å². The first-order valence-corrected chi connectivity index (χ1v) is 15.3. The van der Waals surface area contributed by atoms with Crippen molar-refractivity contribution in [3.05, 3.63) is 36.0 Å². The van der Waals surface area contributed by atoms with Gasteiger partial charge in [0.2, 0.25) is 5.91 Å². The van der Waals surface area contributed by atoms with Crippen LogP contribution >= 0.6 is 0 Å². The molecule has 0 aliphatic carbocycles. The van der Waals surface area contributed by atoms with Gasteiger partial charge in [-0.1, -0.05) is 30.7 Å². The van der Waals surface area contributed by atoms with Crippen molar-refractivity contribution in [1.29, 1.82) is 0 Å². The third kappa shape index (κ3) is 10.8. The largest absolute Gasteiger partial charge is 0.481 e. The van der Waals surface area contributed by atoms with Crippen LogP contribution in [0.5, 0.6) is 0 Å². The Labute approximate surface area is 254 Å². The smallest absolute Gasteiger partial charge is 0.305 e. The average Bonchev–Trinajstić information content (AvgIpc) is 3.68. The first-order chi connectivity index (χ1) is 20.3. The summed E-state index contributed by atoms with van der Waals surface area (Å²) in [7, 11) is 0. The molecule has 0 saturated carbocycles. The zero-order chi connectivity index (χ0) is 31.7. The van der Waals surface area contributed by atoms with Crippen molar-refractivity contribution >= 4 is 17.8 Å². The highest BCUT2D eigenvalue weighted by molar-refractivity contribution is 5.87. The fraction of sp³-hybridized carbons (Fsp3) is 0.719. The minimum atomic E-state index is -0.912. The minimum absolute atomic E-state index is 0.0110. The Kier molecular flexibility index (Phi) is 12.9. The van der Waals surface area contributed by atoms with Crippen molar-refractivity contribution in [1.82, 2.24) is 5.32 Å². The third-order valence-corrected chi connectivity index (χ3v) is 8.03. The lowest BCUT2D eigenvalue weighted by atomic mass is 9.87. The Balaban J connectivity index is 1.58. The van der Waals surface area contributed by atoms with Gasteiger partial charge in [-0.05, 0) is 59.5 Å². The molecule has 0 radical (unpaired) electrons. The van der Waals surface area contributed by atoms with E-state index in [2.05, 4.69) is 18.3 Å². The van der Waals surface area contributed by atoms with E-state index in [1.54, 1.807) is 13.0 Å². The number of aliphatic carboxylic acids is 1. The Hall–Kier alpha value is -2.57. The molecule has 43 heavy (non-hydrogen) atoms. The molecule has 0 aromatic carbocycles. The number of allylic oxidation sites excluding steroid dienone is 2. The van der Waals surface area contributed by atoms with Crippen LogP contribution in [0.1, 0.15) is 74.1 Å². The summed E-state index contributed by atoms with van der Waals surface area (Å²) in [6, 6.07) is -0.132. The molecule has 3 aliphatic heterocycles. The molecule has 3 aliphatic rings. The van der Waals surface area contributed by atoms with Gasteiger partial charge in [0.15, 0.2) is 6.29 Å². The van der Waals surface area contributed by atoms with Crippen molar-refractivity contribution in [3.63, 3.8) is 0 Å². The lowest BCUT2D eigenvalue weighted by Crippen LogP contribution is -2.53. The van der Waals surface area contributed by atoms with Gasteiger partial charge in [-0.15, -0.1) is 0 Å². The van der Waals surface area contributed by atoms with Crippen molar-refractivity contribution < 1.29 is 47.9 Å². The normalized spacial score (nSPS) is 34.3. The van der Waals surface area contributed by atoms with Crippen LogP contribution in [0, 0.1) is 5.92 Å². The van der Waals surface area contributed by atoms with E-state index < -0.39 is 48.2 Å². The van der Waals surface area contributed by atoms with Gasteiger partial charge in [-0.2, -0.15) is 0 Å². The second-order valence-electron chi connectivity index (χ2n) is 11.9. The molecule has 1 spiro atoms. The standard InChI is InChI=1S/C32H49NO10/c1-8-38-24(7)42-31-28(43-25(16-30(36)37)17-32(31)18-39-32)13-10-19(2)9-12-27-20(3)15-26(22(5)41-27)33-29(35)14-11-21(4)40-23(6)34/h9-11,13-14,20-22,24-28,31H,8,12,15-18H2,1-7H3,(H,33,35)(H,36,37)/b13-10+,14-11-,19-9+/t20-,21-,22+,24?,25+,26+,27-,28+,31+,32+/m0/s1. The molecular formula is C32H49NO10. The average molecular weight is 608 g/mol. The van der Waals surface area contributed by atoms with Gasteiger partial charge in [0.05, 0.1) is 37.4 Å². The summed E-state index contributed by atoms with van der Waals surface area (Å²) in [5, 5.41) is 12.4. The van der Waals surface area contributed by atoms with Crippen LogP contribution in [-0.4, -0.2) is 90.7 Å². The van der Waals surface area contributed by atoms with Crippen molar-refractivity contribution in [2.75, 3.05) is 13.2 Å². The maximum Gasteiger partial charge on any atom is 0.305 e. The summed E-state index contributed by atoms with van der Waals surface area (Å²) < 4.78 is 35.1. The highest BCUT2D eigenvalue weighted by Crippen LogP contribution is 2.45. The van der Waals surface area contributed by atoms with Crippen LogP contribution in [-0.2, 0) is 42.8 Å². The molecule has 2 N–H and O–H groups in total. The van der Waals surface area contributed by atoms with Crippen LogP contribution in [0.15, 0.2) is 36.0 Å². The number of ether oxygens (including phenoxy) is 6. The third-order valence-electron chi connectivity index (χ3n) is 8.03. The molecule has 3 heterocycles. The topological polar surface area (TPSA) is 142 Å². The highest BCUT2D eigenvalue weighted by Gasteiger charge is 2.60. The molecule has 10 atom stereocenters. The van der Waals surface area contributed by atoms with E-state index in [1.807, 2.05) is 39.8 Å². The predicted molar refractivity (Wildman–Crippen MR) is 158 cm³/mol. The molecular weight excluding hydrogens is 558 g/mol. The van der Waals surface area contributed by atoms with Crippen LogP contribution < -0.4 is 5.32 Å². The van der Waals surface area contributed by atoms with E-state index in [9.17, 15) is 19.5 Å². The number of carbonyl (C=O) groups excluding carboxylic acids is 2. The fourth-order valence-corrected chi connectivity index (χ4v) is 5.74. The molecule has 11 nitrogen and oxygen atoms in total. The number of hydrogen-bond acceptors (Lipinski definition) is 9. The quantitative estimate of drug-likeness (QED) is 0.0983. The molecule has 0 bridgehead atoms. The zero-order valence-corrected chi connectivity index (χ0v) is 26.4. The van der Waals surface area contributed by atoms with E-state index in [0.29, 0.717) is 26.1 Å². The van der Waals surface area contributed by atoms with Crippen LogP contribution in [0.3, 0.4) is 0 Å². The first kappa shape index (κ1) is 34.9. The SMILES string of the molecule is CCOC(C)O[C@@H]1[C@@H](/C=C/C(C)=C/C[C@@H]2O[C@H](C)[C@H](NC(=O)/C=C\[C@H](C)OC(C)=O)C[C@@H]2C)O[C@H](CC(=O)O)C[C@@]12CO2. The van der Waals surface area contributed by atoms with Crippen LogP contribution in [0.4, 0.5) is 0 Å². The number of carboxylic acid groups (broad SMARTS) is 1. The van der Waals surface area contributed by atoms with Gasteiger partial charge in [0, 0.05) is 26.0 Å². The number of esters is 1. The van der Waals surface area contributed by atoms with E-state index >= 15 is 0 Å². The van der Waals surface area contributed by atoms with E-state index in [1.165, 1.54) is 13.0 Å². The second kappa shape index (κ2) is 15.9. The maximum absolute atomic E-state index is 12.4. The summed E-state index contributed by atoms with van der Waals surface area (Å²) in [6.45, 7) is 13.8. The van der Waals surface area contributed by atoms with Gasteiger partial charge in [0.25, 0.3) is 0 Å². The molecule has 242 valence electrons. The van der Waals surface area contributed by atoms with Crippen LogP contribution in [0.2, 0.25) is 0 Å². The lowest BCUT2D eigenvalue weighted by molar-refractivity contribution is -0.227. The summed E-state index contributed by atoms with van der Waals surface area (Å²) in [6.07, 6.45) is 8.27. The molecule has 0 aromatic heterocycles. The Morgan fingerprint density at radius 2 is 1.86 bits per heavy atom. The monoisotopic (exact) mass is 607 g/mol. The van der Waals surface area contributed by atoms with Gasteiger partial charge >= 0.3 is 11.9 Å². The van der Waals surface area contributed by atoms with Gasteiger partial charge < -0.3 is 38.8 Å². The molecule has 1 unspecified atom stereocenters. The minimum Gasteiger partial charge on any atom is -0.481 e. The number of amides is 1. The zero-order valence-electron chi connectivity index (χ0n) is 26.4. The maximum atomic E-state index is 12.4. The lowest BCUT2D eigenvalue weighted by Gasteiger charge is -2.40. The molecule has 3 fully saturated rings. The van der Waals surface area contributed by atoms with Gasteiger partial charge in [-0.3, -0.25) is 14.4 Å². The van der Waals surface area contributed by atoms with Crippen molar-refractivity contribution in [3.8, 4) is 0 Å². The second-order valence-corrected chi connectivity index (χ2v) is 11.9. The fourth-order valence-electron chi connectivity index (χ4n) is 5.74. The van der Waals surface area contributed by atoms with Gasteiger partial charge in [0.1, 0.15) is 23.9 Å². The first-order valence-electron chi connectivity index (χ1n) is 15.3. The number of hydrogen-bond donors (Lipinski definition) is 2. The summed E-state index contributed by atoms with van der Waals surface area (Å²) in [5.41, 5.74) is 0.442. The number of rotatable bonds is 14. The van der Waals surface area contributed by atoms with E-state index in [4.69, 9.17) is 28.4 Å². The van der Waals surface area contributed by atoms with E-state index in [0.717, 1.165) is 12.0 Å². The Bertz CT molecular complexity index is 1050.